The molecule has 0 fully saturated rings. The molecule has 1 aliphatic rings. The van der Waals surface area contributed by atoms with Crippen molar-refractivity contribution in [3.05, 3.63) is 95.7 Å². The lowest BCUT2D eigenvalue weighted by Gasteiger charge is -2.16. The summed E-state index contributed by atoms with van der Waals surface area (Å²) in [7, 11) is 0. The Balaban J connectivity index is 1.71. The van der Waals surface area contributed by atoms with Crippen LogP contribution in [0.3, 0.4) is 0 Å². The van der Waals surface area contributed by atoms with Gasteiger partial charge in [-0.25, -0.2) is 4.90 Å². The van der Waals surface area contributed by atoms with E-state index in [1.165, 1.54) is 12.1 Å². The standard InChI is InChI=1S/C24H17F3N2O3/c1-15-7-9-17(10-8-15)28-21-20(16-5-3-2-4-6-16)22(30)29(23(21)31)18-11-13-19(14-12-18)32-24(25,26)27/h2-14,28H,1H3. The third kappa shape index (κ3) is 4.34. The average Bonchev–Trinajstić information content (AvgIpc) is 2.99. The van der Waals surface area contributed by atoms with Crippen molar-refractivity contribution < 1.29 is 27.5 Å². The molecule has 0 spiro atoms. The Labute approximate surface area is 181 Å². The Morgan fingerprint density at radius 2 is 1.44 bits per heavy atom. The second-order valence-corrected chi connectivity index (χ2v) is 7.09. The number of hydrogen-bond donors (Lipinski definition) is 1. The number of benzene rings is 3. The van der Waals surface area contributed by atoms with Gasteiger partial charge in [0, 0.05) is 5.69 Å². The zero-order chi connectivity index (χ0) is 22.9. The number of nitrogens with one attached hydrogen (secondary N) is 1. The topological polar surface area (TPSA) is 58.6 Å². The lowest BCUT2D eigenvalue weighted by Crippen LogP contribution is -2.32. The van der Waals surface area contributed by atoms with Crippen LogP contribution in [0.4, 0.5) is 24.5 Å². The molecule has 162 valence electrons. The number of ether oxygens (including phenoxy) is 1. The summed E-state index contributed by atoms with van der Waals surface area (Å²) in [6.07, 6.45) is -4.84. The second kappa shape index (κ2) is 8.22. The number of amides is 2. The van der Waals surface area contributed by atoms with Crippen LogP contribution in [0.15, 0.2) is 84.6 Å². The molecule has 1 heterocycles. The molecule has 0 bridgehead atoms. The third-order valence-electron chi connectivity index (χ3n) is 4.80. The fraction of sp³-hybridized carbons (Fsp3) is 0.0833. The van der Waals surface area contributed by atoms with Crippen LogP contribution >= 0.6 is 0 Å². The smallest absolute Gasteiger partial charge is 0.406 e. The van der Waals surface area contributed by atoms with Crippen LogP contribution in [-0.2, 0) is 9.59 Å². The number of anilines is 2. The van der Waals surface area contributed by atoms with Crippen LogP contribution in [0, 0.1) is 6.92 Å². The molecule has 3 aromatic carbocycles. The number of rotatable bonds is 5. The van der Waals surface area contributed by atoms with Crippen molar-refractivity contribution >= 4 is 28.8 Å². The van der Waals surface area contributed by atoms with E-state index in [2.05, 4.69) is 10.1 Å². The fourth-order valence-electron chi connectivity index (χ4n) is 3.33. The van der Waals surface area contributed by atoms with Gasteiger partial charge < -0.3 is 10.1 Å². The number of aryl methyl sites for hydroxylation is 1. The Bertz CT molecular complexity index is 1190. The number of nitrogens with zero attached hydrogens (tertiary/aromatic N) is 1. The van der Waals surface area contributed by atoms with E-state index in [-0.39, 0.29) is 17.0 Å². The van der Waals surface area contributed by atoms with Crippen molar-refractivity contribution in [3.63, 3.8) is 0 Å². The van der Waals surface area contributed by atoms with Crippen molar-refractivity contribution in [1.82, 2.24) is 0 Å². The van der Waals surface area contributed by atoms with E-state index < -0.39 is 23.9 Å². The minimum Gasteiger partial charge on any atom is -0.406 e. The van der Waals surface area contributed by atoms with Gasteiger partial charge in [0.15, 0.2) is 0 Å². The lowest BCUT2D eigenvalue weighted by molar-refractivity contribution is -0.274. The van der Waals surface area contributed by atoms with E-state index in [1.807, 2.05) is 19.1 Å². The first-order chi connectivity index (χ1) is 15.2. The summed E-state index contributed by atoms with van der Waals surface area (Å²) in [4.78, 5) is 27.5. The van der Waals surface area contributed by atoms with Crippen LogP contribution < -0.4 is 15.0 Å². The molecule has 8 heteroatoms. The predicted molar refractivity (Wildman–Crippen MR) is 114 cm³/mol. The number of carbonyl (C=O) groups excluding carboxylic acids is 2. The molecule has 1 N–H and O–H groups in total. The van der Waals surface area contributed by atoms with Gasteiger partial charge in [-0.15, -0.1) is 13.2 Å². The van der Waals surface area contributed by atoms with Crippen LogP contribution in [0.1, 0.15) is 11.1 Å². The lowest BCUT2D eigenvalue weighted by atomic mass is 10.0. The van der Waals surface area contributed by atoms with E-state index in [4.69, 9.17) is 0 Å². The summed E-state index contributed by atoms with van der Waals surface area (Å²) in [6, 6.07) is 20.6. The highest BCUT2D eigenvalue weighted by molar-refractivity contribution is 6.46. The van der Waals surface area contributed by atoms with Crippen molar-refractivity contribution in [2.75, 3.05) is 10.2 Å². The summed E-state index contributed by atoms with van der Waals surface area (Å²) < 4.78 is 41.2. The van der Waals surface area contributed by atoms with Gasteiger partial charge in [0.05, 0.1) is 11.3 Å². The molecule has 1 aliphatic heterocycles. The first-order valence-electron chi connectivity index (χ1n) is 9.61. The van der Waals surface area contributed by atoms with E-state index in [0.717, 1.165) is 22.6 Å². The number of alkyl halides is 3. The molecule has 5 nitrogen and oxygen atoms in total. The molecule has 0 aromatic heterocycles. The summed E-state index contributed by atoms with van der Waals surface area (Å²) >= 11 is 0. The highest BCUT2D eigenvalue weighted by Crippen LogP contribution is 2.35. The van der Waals surface area contributed by atoms with E-state index >= 15 is 0 Å². The largest absolute Gasteiger partial charge is 0.573 e. The quantitative estimate of drug-likeness (QED) is 0.550. The van der Waals surface area contributed by atoms with Crippen LogP contribution in [0.5, 0.6) is 5.75 Å². The van der Waals surface area contributed by atoms with E-state index in [1.54, 1.807) is 42.5 Å². The normalized spacial score (nSPS) is 14.2. The SMILES string of the molecule is Cc1ccc(NC2=C(c3ccccc3)C(=O)N(c3ccc(OC(F)(F)F)cc3)C2=O)cc1. The van der Waals surface area contributed by atoms with Gasteiger partial charge >= 0.3 is 6.36 Å². The number of carbonyl (C=O) groups is 2. The summed E-state index contributed by atoms with van der Waals surface area (Å²) in [5, 5.41) is 3.03. The Kier molecular flexibility index (Phi) is 5.44. The molecule has 3 aromatic rings. The molecule has 0 unspecified atom stereocenters. The van der Waals surface area contributed by atoms with Gasteiger partial charge in [0.25, 0.3) is 11.8 Å². The molecule has 0 saturated heterocycles. The molecule has 4 rings (SSSR count). The molecule has 0 radical (unpaired) electrons. The minimum atomic E-state index is -4.84. The molecular formula is C24H17F3N2O3. The maximum Gasteiger partial charge on any atom is 0.573 e. The average molecular weight is 438 g/mol. The number of imide groups is 1. The Morgan fingerprint density at radius 1 is 0.812 bits per heavy atom. The first kappa shape index (κ1) is 21.2. The summed E-state index contributed by atoms with van der Waals surface area (Å²) in [5.74, 6) is -1.64. The van der Waals surface area contributed by atoms with E-state index in [0.29, 0.717) is 11.3 Å². The van der Waals surface area contributed by atoms with Gasteiger partial charge in [0.2, 0.25) is 0 Å². The van der Waals surface area contributed by atoms with Gasteiger partial charge in [-0.05, 0) is 48.9 Å². The maximum absolute atomic E-state index is 13.3. The maximum atomic E-state index is 13.3. The van der Waals surface area contributed by atoms with Gasteiger partial charge in [-0.1, -0.05) is 48.0 Å². The minimum absolute atomic E-state index is 0.0840. The first-order valence-corrected chi connectivity index (χ1v) is 9.61. The highest BCUT2D eigenvalue weighted by Gasteiger charge is 2.40. The van der Waals surface area contributed by atoms with Gasteiger partial charge in [-0.2, -0.15) is 0 Å². The molecule has 2 amide bonds. The summed E-state index contributed by atoms with van der Waals surface area (Å²) in [5.41, 5.74) is 2.58. The molecule has 0 atom stereocenters. The Morgan fingerprint density at radius 3 is 2.03 bits per heavy atom. The zero-order valence-corrected chi connectivity index (χ0v) is 16.8. The Hall–Kier alpha value is -4.07. The highest BCUT2D eigenvalue weighted by atomic mass is 19.4. The predicted octanol–water partition coefficient (Wildman–Crippen LogP) is 5.29. The molecular weight excluding hydrogens is 421 g/mol. The van der Waals surface area contributed by atoms with Gasteiger partial charge in [0.1, 0.15) is 11.4 Å². The van der Waals surface area contributed by atoms with Crippen molar-refractivity contribution in [1.29, 1.82) is 0 Å². The van der Waals surface area contributed by atoms with Gasteiger partial charge in [-0.3, -0.25) is 9.59 Å². The number of hydrogen-bond acceptors (Lipinski definition) is 4. The molecule has 32 heavy (non-hydrogen) atoms. The van der Waals surface area contributed by atoms with Crippen LogP contribution in [0.25, 0.3) is 5.57 Å². The monoisotopic (exact) mass is 438 g/mol. The fourth-order valence-corrected chi connectivity index (χ4v) is 3.33. The molecule has 0 saturated carbocycles. The van der Waals surface area contributed by atoms with Crippen LogP contribution in [-0.4, -0.2) is 18.2 Å². The van der Waals surface area contributed by atoms with Crippen molar-refractivity contribution in [3.8, 4) is 5.75 Å². The van der Waals surface area contributed by atoms with E-state index in [9.17, 15) is 22.8 Å². The van der Waals surface area contributed by atoms with Crippen LogP contribution in [0.2, 0.25) is 0 Å². The summed E-state index contributed by atoms with van der Waals surface area (Å²) in [6.45, 7) is 1.93. The molecule has 0 aliphatic carbocycles. The van der Waals surface area contributed by atoms with Crippen molar-refractivity contribution in [2.24, 2.45) is 0 Å². The second-order valence-electron chi connectivity index (χ2n) is 7.09. The number of halogens is 3. The third-order valence-corrected chi connectivity index (χ3v) is 4.80. The van der Waals surface area contributed by atoms with Crippen molar-refractivity contribution in [2.45, 2.75) is 13.3 Å². The zero-order valence-electron chi connectivity index (χ0n) is 16.8.